The summed E-state index contributed by atoms with van der Waals surface area (Å²) < 4.78 is 32.6. The summed E-state index contributed by atoms with van der Waals surface area (Å²) in [6, 6.07) is 20.7. The molecule has 128 valence electrons. The van der Waals surface area contributed by atoms with E-state index in [-0.39, 0.29) is 12.0 Å². The number of rotatable bonds is 6. The van der Waals surface area contributed by atoms with Gasteiger partial charge in [0.1, 0.15) is 12.4 Å². The highest BCUT2D eigenvalue weighted by Gasteiger charge is 2.14. The third-order valence-electron chi connectivity index (χ3n) is 3.96. The highest BCUT2D eigenvalue weighted by Crippen LogP contribution is 2.23. The topological polar surface area (TPSA) is 29.5 Å². The Morgan fingerprint density at radius 3 is 2.28 bits per heavy atom. The fraction of sp³-hybridized carbons (Fsp3) is 0.143. The van der Waals surface area contributed by atoms with E-state index in [4.69, 9.17) is 4.74 Å². The van der Waals surface area contributed by atoms with E-state index in [2.05, 4.69) is 0 Å². The number of hydrogen-bond donors (Lipinski definition) is 1. The van der Waals surface area contributed by atoms with Gasteiger partial charge in [-0.25, -0.2) is 8.78 Å². The molecule has 1 atom stereocenters. The van der Waals surface area contributed by atoms with E-state index < -0.39 is 17.7 Å². The van der Waals surface area contributed by atoms with Gasteiger partial charge in [-0.15, -0.1) is 0 Å². The van der Waals surface area contributed by atoms with Crippen LogP contribution in [0, 0.1) is 11.6 Å². The molecule has 4 heteroatoms. The lowest BCUT2D eigenvalue weighted by atomic mass is 10.0. The molecule has 0 bridgehead atoms. The van der Waals surface area contributed by atoms with Crippen molar-refractivity contribution in [2.24, 2.45) is 0 Å². The third-order valence-corrected chi connectivity index (χ3v) is 3.96. The van der Waals surface area contributed by atoms with Gasteiger partial charge in [0, 0.05) is 6.42 Å². The van der Waals surface area contributed by atoms with Crippen LogP contribution in [0.15, 0.2) is 72.8 Å². The maximum atomic E-state index is 13.7. The molecule has 0 heterocycles. The quantitative estimate of drug-likeness (QED) is 0.697. The molecule has 0 radical (unpaired) electrons. The van der Waals surface area contributed by atoms with Gasteiger partial charge in [-0.05, 0) is 34.9 Å². The lowest BCUT2D eigenvalue weighted by Crippen LogP contribution is -2.05. The monoisotopic (exact) mass is 340 g/mol. The van der Waals surface area contributed by atoms with Crippen LogP contribution in [0.25, 0.3) is 0 Å². The number of ether oxygens (including phenoxy) is 1. The summed E-state index contributed by atoms with van der Waals surface area (Å²) >= 11 is 0. The van der Waals surface area contributed by atoms with E-state index in [1.165, 1.54) is 12.1 Å². The van der Waals surface area contributed by atoms with Crippen LogP contribution < -0.4 is 4.74 Å². The Balaban J connectivity index is 1.62. The Hall–Kier alpha value is -2.72. The van der Waals surface area contributed by atoms with Crippen LogP contribution in [-0.4, -0.2) is 5.11 Å². The van der Waals surface area contributed by atoms with E-state index >= 15 is 0 Å². The molecule has 3 rings (SSSR count). The fourth-order valence-corrected chi connectivity index (χ4v) is 2.56. The van der Waals surface area contributed by atoms with Gasteiger partial charge in [-0.2, -0.15) is 0 Å². The van der Waals surface area contributed by atoms with Crippen LogP contribution in [0.1, 0.15) is 22.8 Å². The molecular formula is C21H18F2O2. The Morgan fingerprint density at radius 1 is 0.840 bits per heavy atom. The molecule has 3 aromatic carbocycles. The van der Waals surface area contributed by atoms with E-state index in [0.717, 1.165) is 11.6 Å². The van der Waals surface area contributed by atoms with Crippen LogP contribution >= 0.6 is 0 Å². The van der Waals surface area contributed by atoms with Crippen molar-refractivity contribution in [2.45, 2.75) is 19.1 Å². The predicted octanol–water partition coefficient (Wildman–Crippen LogP) is 4.82. The van der Waals surface area contributed by atoms with Gasteiger partial charge < -0.3 is 9.84 Å². The van der Waals surface area contributed by atoms with Crippen molar-refractivity contribution in [1.82, 2.24) is 0 Å². The van der Waals surface area contributed by atoms with Crippen LogP contribution in [0.5, 0.6) is 5.75 Å². The maximum Gasteiger partial charge on any atom is 0.162 e. The first kappa shape index (κ1) is 17.1. The van der Waals surface area contributed by atoms with Crippen LogP contribution in [-0.2, 0) is 13.0 Å². The number of benzene rings is 3. The van der Waals surface area contributed by atoms with Gasteiger partial charge >= 0.3 is 0 Å². The SMILES string of the molecule is OC(Cc1cccc(F)c1F)c1ccc(OCc2ccccc2)cc1. The molecule has 1 N–H and O–H groups in total. The Bertz CT molecular complexity index is 817. The highest BCUT2D eigenvalue weighted by atomic mass is 19.2. The summed E-state index contributed by atoms with van der Waals surface area (Å²) in [4.78, 5) is 0. The van der Waals surface area contributed by atoms with Crippen LogP contribution in [0.3, 0.4) is 0 Å². The van der Waals surface area contributed by atoms with Crippen molar-refractivity contribution in [1.29, 1.82) is 0 Å². The molecule has 0 fully saturated rings. The standard InChI is InChI=1S/C21H18F2O2/c22-19-8-4-7-17(21(19)23)13-20(24)16-9-11-18(12-10-16)25-14-15-5-2-1-3-6-15/h1-12,20,24H,13-14H2. The zero-order valence-electron chi connectivity index (χ0n) is 13.5. The number of aliphatic hydroxyl groups excluding tert-OH is 1. The highest BCUT2D eigenvalue weighted by molar-refractivity contribution is 5.30. The van der Waals surface area contributed by atoms with Crippen LogP contribution in [0.2, 0.25) is 0 Å². The first-order valence-corrected chi connectivity index (χ1v) is 8.01. The van der Waals surface area contributed by atoms with Crippen LogP contribution in [0.4, 0.5) is 8.78 Å². The van der Waals surface area contributed by atoms with Gasteiger partial charge in [0.05, 0.1) is 6.10 Å². The third kappa shape index (κ3) is 4.43. The van der Waals surface area contributed by atoms with Crippen molar-refractivity contribution in [3.8, 4) is 5.75 Å². The summed E-state index contributed by atoms with van der Waals surface area (Å²) in [5, 5.41) is 10.3. The molecule has 0 amide bonds. The lowest BCUT2D eigenvalue weighted by Gasteiger charge is -2.13. The Morgan fingerprint density at radius 2 is 1.56 bits per heavy atom. The summed E-state index contributed by atoms with van der Waals surface area (Å²) in [5.41, 5.74) is 1.83. The molecule has 1 unspecified atom stereocenters. The van der Waals surface area contributed by atoms with Crippen molar-refractivity contribution >= 4 is 0 Å². The summed E-state index contributed by atoms with van der Waals surface area (Å²) in [5.74, 6) is -1.14. The van der Waals surface area contributed by atoms with E-state index in [9.17, 15) is 13.9 Å². The molecule has 3 aromatic rings. The average molecular weight is 340 g/mol. The molecule has 0 aliphatic rings. The molecule has 0 saturated carbocycles. The maximum absolute atomic E-state index is 13.7. The molecule has 2 nitrogen and oxygen atoms in total. The molecule has 0 aliphatic carbocycles. The van der Waals surface area contributed by atoms with E-state index in [1.54, 1.807) is 24.3 Å². The van der Waals surface area contributed by atoms with Gasteiger partial charge in [-0.3, -0.25) is 0 Å². The average Bonchev–Trinajstić information content (AvgIpc) is 2.65. The number of hydrogen-bond acceptors (Lipinski definition) is 2. The molecule has 0 aromatic heterocycles. The first-order chi connectivity index (χ1) is 12.1. The van der Waals surface area contributed by atoms with E-state index in [1.807, 2.05) is 30.3 Å². The lowest BCUT2D eigenvalue weighted by molar-refractivity contribution is 0.176. The summed E-state index contributed by atoms with van der Waals surface area (Å²) in [6.45, 7) is 0.456. The van der Waals surface area contributed by atoms with Crippen molar-refractivity contribution < 1.29 is 18.6 Å². The number of aliphatic hydroxyl groups is 1. The molecule has 0 aliphatic heterocycles. The second-order valence-electron chi connectivity index (χ2n) is 5.78. The Kier molecular flexibility index (Phi) is 5.41. The molecule has 25 heavy (non-hydrogen) atoms. The smallest absolute Gasteiger partial charge is 0.162 e. The van der Waals surface area contributed by atoms with Crippen molar-refractivity contribution in [3.63, 3.8) is 0 Å². The second-order valence-corrected chi connectivity index (χ2v) is 5.78. The second kappa shape index (κ2) is 7.90. The largest absolute Gasteiger partial charge is 0.489 e. The minimum Gasteiger partial charge on any atom is -0.489 e. The van der Waals surface area contributed by atoms with Crippen molar-refractivity contribution in [3.05, 3.63) is 101 Å². The van der Waals surface area contributed by atoms with Gasteiger partial charge in [0.2, 0.25) is 0 Å². The predicted molar refractivity (Wildman–Crippen MR) is 92.2 cm³/mol. The van der Waals surface area contributed by atoms with Gasteiger partial charge in [-0.1, -0.05) is 54.6 Å². The zero-order valence-corrected chi connectivity index (χ0v) is 13.5. The molecular weight excluding hydrogens is 322 g/mol. The zero-order chi connectivity index (χ0) is 17.6. The first-order valence-electron chi connectivity index (χ1n) is 8.01. The van der Waals surface area contributed by atoms with Gasteiger partial charge in [0.25, 0.3) is 0 Å². The minimum absolute atomic E-state index is 0.00775. The summed E-state index contributed by atoms with van der Waals surface area (Å²) in [7, 11) is 0. The fourth-order valence-electron chi connectivity index (χ4n) is 2.56. The van der Waals surface area contributed by atoms with Gasteiger partial charge in [0.15, 0.2) is 11.6 Å². The number of halogens is 2. The molecule has 0 saturated heterocycles. The van der Waals surface area contributed by atoms with Crippen molar-refractivity contribution in [2.75, 3.05) is 0 Å². The summed E-state index contributed by atoms with van der Waals surface area (Å²) in [6.07, 6.45) is -0.909. The normalized spacial score (nSPS) is 12.0. The minimum atomic E-state index is -0.917. The molecule has 0 spiro atoms. The van der Waals surface area contributed by atoms with E-state index in [0.29, 0.717) is 17.9 Å². The Labute approximate surface area is 145 Å².